The summed E-state index contributed by atoms with van der Waals surface area (Å²) in [6.07, 6.45) is 3.51. The van der Waals surface area contributed by atoms with Gasteiger partial charge in [-0.05, 0) is 24.6 Å². The van der Waals surface area contributed by atoms with Crippen LogP contribution in [0.15, 0.2) is 30.6 Å². The van der Waals surface area contributed by atoms with Crippen molar-refractivity contribution in [2.24, 2.45) is 0 Å². The van der Waals surface area contributed by atoms with E-state index in [0.29, 0.717) is 16.0 Å². The molecule has 3 nitrogen and oxygen atoms in total. The molecule has 0 aliphatic rings. The van der Waals surface area contributed by atoms with Crippen LogP contribution in [0, 0.1) is 0 Å². The van der Waals surface area contributed by atoms with E-state index in [1.165, 1.54) is 0 Å². The van der Waals surface area contributed by atoms with Crippen LogP contribution in [-0.2, 0) is 0 Å². The van der Waals surface area contributed by atoms with E-state index in [0.717, 1.165) is 17.7 Å². The second-order valence-corrected chi connectivity index (χ2v) is 4.27. The minimum absolute atomic E-state index is 0.528. The maximum Gasteiger partial charge on any atom is 0.222 e. The van der Waals surface area contributed by atoms with Crippen LogP contribution in [0.3, 0.4) is 0 Å². The highest BCUT2D eigenvalue weighted by molar-refractivity contribution is 6.42. The molecule has 0 bridgehead atoms. The number of hydrogen-bond acceptors (Lipinski definition) is 3. The van der Waals surface area contributed by atoms with Crippen LogP contribution in [0.5, 0.6) is 0 Å². The Hall–Kier alpha value is -1.32. The molecule has 17 heavy (non-hydrogen) atoms. The molecule has 0 saturated carbocycles. The summed E-state index contributed by atoms with van der Waals surface area (Å²) < 4.78 is 0. The predicted molar refractivity (Wildman–Crippen MR) is 71.7 cm³/mol. The van der Waals surface area contributed by atoms with E-state index in [-0.39, 0.29) is 0 Å². The number of nitrogens with zero attached hydrogens (tertiary/aromatic N) is 2. The van der Waals surface area contributed by atoms with Crippen molar-refractivity contribution >= 4 is 29.2 Å². The summed E-state index contributed by atoms with van der Waals surface area (Å²) >= 11 is 11.8. The van der Waals surface area contributed by atoms with Crippen molar-refractivity contribution in [2.45, 2.75) is 6.92 Å². The lowest BCUT2D eigenvalue weighted by Crippen LogP contribution is -2.01. The largest absolute Gasteiger partial charge is 0.355 e. The van der Waals surface area contributed by atoms with E-state index in [1.807, 2.05) is 13.0 Å². The summed E-state index contributed by atoms with van der Waals surface area (Å²) in [5.41, 5.74) is 1.85. The zero-order valence-corrected chi connectivity index (χ0v) is 10.8. The third-order valence-corrected chi connectivity index (χ3v) is 2.98. The molecule has 1 aromatic heterocycles. The first kappa shape index (κ1) is 12.1. The van der Waals surface area contributed by atoms with Crippen molar-refractivity contribution in [1.82, 2.24) is 9.97 Å². The average molecular weight is 268 g/mol. The summed E-state index contributed by atoms with van der Waals surface area (Å²) in [5, 5.41) is 4.11. The minimum Gasteiger partial charge on any atom is -0.355 e. The van der Waals surface area contributed by atoms with E-state index in [2.05, 4.69) is 15.3 Å². The smallest absolute Gasteiger partial charge is 0.222 e. The average Bonchev–Trinajstić information content (AvgIpc) is 2.34. The number of halogens is 2. The van der Waals surface area contributed by atoms with E-state index in [1.54, 1.807) is 24.5 Å². The number of benzene rings is 1. The molecule has 2 rings (SSSR count). The lowest BCUT2D eigenvalue weighted by molar-refractivity contribution is 1.09. The molecule has 0 spiro atoms. The quantitative estimate of drug-likeness (QED) is 0.917. The second-order valence-electron chi connectivity index (χ2n) is 3.45. The van der Waals surface area contributed by atoms with Gasteiger partial charge in [-0.2, -0.15) is 0 Å². The third-order valence-electron chi connectivity index (χ3n) is 2.24. The zero-order chi connectivity index (χ0) is 12.3. The van der Waals surface area contributed by atoms with Crippen LogP contribution in [0.4, 0.5) is 5.95 Å². The van der Waals surface area contributed by atoms with Gasteiger partial charge in [-0.1, -0.05) is 29.3 Å². The summed E-state index contributed by atoms with van der Waals surface area (Å²) in [7, 11) is 0. The molecule has 1 heterocycles. The van der Waals surface area contributed by atoms with Crippen LogP contribution < -0.4 is 5.32 Å². The van der Waals surface area contributed by atoms with Gasteiger partial charge in [0, 0.05) is 24.5 Å². The number of rotatable bonds is 3. The summed E-state index contributed by atoms with van der Waals surface area (Å²) in [6, 6.07) is 5.45. The van der Waals surface area contributed by atoms with Crippen LogP contribution in [0.25, 0.3) is 11.1 Å². The maximum absolute atomic E-state index is 5.96. The van der Waals surface area contributed by atoms with E-state index in [4.69, 9.17) is 23.2 Å². The van der Waals surface area contributed by atoms with Crippen molar-refractivity contribution in [3.63, 3.8) is 0 Å². The Morgan fingerprint density at radius 2 is 1.76 bits per heavy atom. The number of aromatic nitrogens is 2. The fourth-order valence-corrected chi connectivity index (χ4v) is 1.70. The first-order chi connectivity index (χ1) is 8.20. The summed E-state index contributed by atoms with van der Waals surface area (Å²) in [6.45, 7) is 2.79. The molecule has 1 N–H and O–H groups in total. The van der Waals surface area contributed by atoms with E-state index < -0.39 is 0 Å². The van der Waals surface area contributed by atoms with Gasteiger partial charge in [0.25, 0.3) is 0 Å². The van der Waals surface area contributed by atoms with Crippen molar-refractivity contribution < 1.29 is 0 Å². The van der Waals surface area contributed by atoms with Crippen molar-refractivity contribution in [3.8, 4) is 11.1 Å². The molecule has 5 heteroatoms. The lowest BCUT2D eigenvalue weighted by Gasteiger charge is -2.04. The van der Waals surface area contributed by atoms with Gasteiger partial charge in [-0.3, -0.25) is 0 Å². The molecular weight excluding hydrogens is 257 g/mol. The molecule has 0 amide bonds. The second kappa shape index (κ2) is 5.34. The molecule has 1 aromatic carbocycles. The van der Waals surface area contributed by atoms with Gasteiger partial charge in [0.15, 0.2) is 0 Å². The van der Waals surface area contributed by atoms with E-state index in [9.17, 15) is 0 Å². The van der Waals surface area contributed by atoms with Crippen LogP contribution in [0.1, 0.15) is 6.92 Å². The molecule has 0 aliphatic carbocycles. The van der Waals surface area contributed by atoms with Gasteiger partial charge in [-0.25, -0.2) is 9.97 Å². The third kappa shape index (κ3) is 2.87. The summed E-state index contributed by atoms with van der Waals surface area (Å²) in [4.78, 5) is 8.40. The Balaban J connectivity index is 2.30. The van der Waals surface area contributed by atoms with Crippen LogP contribution in [-0.4, -0.2) is 16.5 Å². The Labute approximate surface area is 110 Å². The Kier molecular flexibility index (Phi) is 3.82. The standard InChI is InChI=1S/C12H11Cl2N3/c1-2-15-12-16-6-9(7-17-12)8-3-4-10(13)11(14)5-8/h3-7H,2H2,1H3,(H,15,16,17). The molecule has 0 saturated heterocycles. The number of nitrogens with one attached hydrogen (secondary N) is 1. The van der Waals surface area contributed by atoms with Gasteiger partial charge in [-0.15, -0.1) is 0 Å². The topological polar surface area (TPSA) is 37.8 Å². The highest BCUT2D eigenvalue weighted by atomic mass is 35.5. The molecule has 0 fully saturated rings. The van der Waals surface area contributed by atoms with Gasteiger partial charge < -0.3 is 5.32 Å². The van der Waals surface area contributed by atoms with Gasteiger partial charge in [0.05, 0.1) is 10.0 Å². The first-order valence-corrected chi connectivity index (χ1v) is 5.97. The number of hydrogen-bond donors (Lipinski definition) is 1. The zero-order valence-electron chi connectivity index (χ0n) is 9.24. The first-order valence-electron chi connectivity index (χ1n) is 5.22. The fourth-order valence-electron chi connectivity index (χ4n) is 1.40. The molecule has 0 atom stereocenters. The van der Waals surface area contributed by atoms with E-state index >= 15 is 0 Å². The van der Waals surface area contributed by atoms with Crippen LogP contribution in [0.2, 0.25) is 10.0 Å². The Morgan fingerprint density at radius 3 is 2.35 bits per heavy atom. The van der Waals surface area contributed by atoms with Gasteiger partial charge in [0.1, 0.15) is 0 Å². The lowest BCUT2D eigenvalue weighted by atomic mass is 10.1. The van der Waals surface area contributed by atoms with Crippen molar-refractivity contribution in [2.75, 3.05) is 11.9 Å². The molecule has 0 unspecified atom stereocenters. The Bertz CT molecular complexity index is 512. The Morgan fingerprint density at radius 1 is 1.06 bits per heavy atom. The maximum atomic E-state index is 5.96. The highest BCUT2D eigenvalue weighted by Crippen LogP contribution is 2.27. The minimum atomic E-state index is 0.528. The summed E-state index contributed by atoms with van der Waals surface area (Å²) in [5.74, 6) is 0.622. The van der Waals surface area contributed by atoms with Gasteiger partial charge >= 0.3 is 0 Å². The van der Waals surface area contributed by atoms with Crippen molar-refractivity contribution in [3.05, 3.63) is 40.6 Å². The monoisotopic (exact) mass is 267 g/mol. The molecule has 2 aromatic rings. The van der Waals surface area contributed by atoms with Crippen LogP contribution >= 0.6 is 23.2 Å². The van der Waals surface area contributed by atoms with Crippen molar-refractivity contribution in [1.29, 1.82) is 0 Å². The predicted octanol–water partition coefficient (Wildman–Crippen LogP) is 3.88. The normalized spacial score (nSPS) is 10.3. The fraction of sp³-hybridized carbons (Fsp3) is 0.167. The molecular formula is C12H11Cl2N3. The SMILES string of the molecule is CCNc1ncc(-c2ccc(Cl)c(Cl)c2)cn1. The molecule has 0 aliphatic heterocycles. The molecule has 88 valence electrons. The van der Waals surface area contributed by atoms with Gasteiger partial charge in [0.2, 0.25) is 5.95 Å². The molecule has 0 radical (unpaired) electrons. The number of anilines is 1. The highest BCUT2D eigenvalue weighted by Gasteiger charge is 2.03.